The highest BCUT2D eigenvalue weighted by Crippen LogP contribution is 2.31. The van der Waals surface area contributed by atoms with Crippen molar-refractivity contribution < 1.29 is 17.9 Å². The van der Waals surface area contributed by atoms with E-state index in [0.717, 1.165) is 60.9 Å². The highest BCUT2D eigenvalue weighted by molar-refractivity contribution is 7.88. The van der Waals surface area contributed by atoms with Gasteiger partial charge in [-0.05, 0) is 41.8 Å². The topological polar surface area (TPSA) is 67.9 Å². The van der Waals surface area contributed by atoms with Gasteiger partial charge in [0.05, 0.1) is 24.0 Å². The summed E-state index contributed by atoms with van der Waals surface area (Å²) < 4.78 is 39.0. The lowest BCUT2D eigenvalue weighted by atomic mass is 10.0. The standard InChI is InChI=1S/C27H31ClN2O4S/c1-21-3-2-4-23(17-21)19-29-35(31,32)20-22-5-7-24(8-6-22)26-10-9-25(18-27(26)28)34-16-13-30-11-14-33-15-12-30/h2-10,17-18,29H,11-16,19-20H2,1H3. The summed E-state index contributed by atoms with van der Waals surface area (Å²) in [7, 11) is -3.46. The van der Waals surface area contributed by atoms with Crippen LogP contribution in [0.2, 0.25) is 5.02 Å². The van der Waals surface area contributed by atoms with E-state index in [1.54, 1.807) is 0 Å². The van der Waals surface area contributed by atoms with Crippen LogP contribution >= 0.6 is 11.6 Å². The zero-order chi connectivity index (χ0) is 24.7. The van der Waals surface area contributed by atoms with Gasteiger partial charge in [-0.3, -0.25) is 4.90 Å². The van der Waals surface area contributed by atoms with E-state index in [0.29, 0.717) is 17.2 Å². The molecule has 1 aliphatic rings. The van der Waals surface area contributed by atoms with Crippen LogP contribution in [0.4, 0.5) is 0 Å². The molecule has 1 heterocycles. The average Bonchev–Trinajstić information content (AvgIpc) is 2.84. The van der Waals surface area contributed by atoms with E-state index in [1.807, 2.05) is 73.7 Å². The Balaban J connectivity index is 1.31. The zero-order valence-electron chi connectivity index (χ0n) is 19.9. The summed E-state index contributed by atoms with van der Waals surface area (Å²) in [6, 6.07) is 20.9. The molecule has 1 N–H and O–H groups in total. The molecule has 3 aromatic carbocycles. The number of morpholine rings is 1. The molecule has 0 unspecified atom stereocenters. The zero-order valence-corrected chi connectivity index (χ0v) is 21.4. The van der Waals surface area contributed by atoms with E-state index < -0.39 is 10.0 Å². The molecule has 8 heteroatoms. The summed E-state index contributed by atoms with van der Waals surface area (Å²) in [6.45, 7) is 7.12. The van der Waals surface area contributed by atoms with Gasteiger partial charge in [0.1, 0.15) is 12.4 Å². The Kier molecular flexibility index (Phi) is 8.81. The number of aryl methyl sites for hydroxylation is 1. The summed E-state index contributed by atoms with van der Waals surface area (Å²) >= 11 is 6.54. The molecule has 1 fully saturated rings. The van der Waals surface area contributed by atoms with Crippen LogP contribution < -0.4 is 9.46 Å². The fraction of sp³-hybridized carbons (Fsp3) is 0.333. The summed E-state index contributed by atoms with van der Waals surface area (Å²) in [5, 5.41) is 0.592. The minimum atomic E-state index is -3.46. The second kappa shape index (κ2) is 12.0. The Morgan fingerprint density at radius 2 is 1.77 bits per heavy atom. The number of rotatable bonds is 10. The van der Waals surface area contributed by atoms with Gasteiger partial charge in [0, 0.05) is 31.7 Å². The van der Waals surface area contributed by atoms with Gasteiger partial charge in [-0.1, -0.05) is 65.7 Å². The van der Waals surface area contributed by atoms with E-state index in [2.05, 4.69) is 9.62 Å². The number of sulfonamides is 1. The van der Waals surface area contributed by atoms with Crippen LogP contribution in [0, 0.1) is 6.92 Å². The first-order valence-electron chi connectivity index (χ1n) is 11.7. The molecule has 0 spiro atoms. The molecule has 6 nitrogen and oxygen atoms in total. The van der Waals surface area contributed by atoms with Crippen LogP contribution in [0.5, 0.6) is 5.75 Å². The molecule has 35 heavy (non-hydrogen) atoms. The Hall–Kier alpha value is -2.42. The lowest BCUT2D eigenvalue weighted by molar-refractivity contribution is 0.0322. The molecule has 3 aromatic rings. The first-order valence-corrected chi connectivity index (χ1v) is 13.8. The van der Waals surface area contributed by atoms with Crippen molar-refractivity contribution in [2.24, 2.45) is 0 Å². The van der Waals surface area contributed by atoms with Crippen molar-refractivity contribution in [3.8, 4) is 16.9 Å². The molecule has 0 aromatic heterocycles. The minimum absolute atomic E-state index is 0.0806. The van der Waals surface area contributed by atoms with Gasteiger partial charge in [0.15, 0.2) is 0 Å². The normalized spacial score (nSPS) is 14.7. The predicted octanol–water partition coefficient (Wildman–Crippen LogP) is 4.65. The van der Waals surface area contributed by atoms with Gasteiger partial charge in [0.2, 0.25) is 10.0 Å². The van der Waals surface area contributed by atoms with Crippen molar-refractivity contribution in [3.63, 3.8) is 0 Å². The van der Waals surface area contributed by atoms with Gasteiger partial charge < -0.3 is 9.47 Å². The number of benzene rings is 3. The fourth-order valence-electron chi connectivity index (χ4n) is 4.00. The van der Waals surface area contributed by atoms with Crippen LogP contribution in [0.3, 0.4) is 0 Å². The molecule has 0 bridgehead atoms. The Morgan fingerprint density at radius 1 is 1.00 bits per heavy atom. The smallest absolute Gasteiger partial charge is 0.216 e. The van der Waals surface area contributed by atoms with Gasteiger partial charge in [-0.25, -0.2) is 13.1 Å². The molecule has 1 saturated heterocycles. The van der Waals surface area contributed by atoms with Crippen LogP contribution in [0.1, 0.15) is 16.7 Å². The Labute approximate surface area is 212 Å². The monoisotopic (exact) mass is 514 g/mol. The SMILES string of the molecule is Cc1cccc(CNS(=O)(=O)Cc2ccc(-c3ccc(OCCN4CCOCC4)cc3Cl)cc2)c1. The van der Waals surface area contributed by atoms with E-state index >= 15 is 0 Å². The van der Waals surface area contributed by atoms with Crippen molar-refractivity contribution in [3.05, 3.63) is 88.4 Å². The second-order valence-electron chi connectivity index (χ2n) is 8.71. The third-order valence-corrected chi connectivity index (χ3v) is 7.53. The van der Waals surface area contributed by atoms with E-state index in [-0.39, 0.29) is 12.3 Å². The number of halogens is 1. The van der Waals surface area contributed by atoms with Crippen molar-refractivity contribution in [1.82, 2.24) is 9.62 Å². The number of nitrogens with zero attached hydrogens (tertiary/aromatic N) is 1. The summed E-state index contributed by atoms with van der Waals surface area (Å²) in [6.07, 6.45) is 0. The quantitative estimate of drug-likeness (QED) is 0.426. The molecular weight excluding hydrogens is 484 g/mol. The summed E-state index contributed by atoms with van der Waals surface area (Å²) in [5.74, 6) is 0.650. The van der Waals surface area contributed by atoms with Crippen molar-refractivity contribution in [1.29, 1.82) is 0 Å². The lowest BCUT2D eigenvalue weighted by Crippen LogP contribution is -2.38. The molecule has 0 amide bonds. The number of nitrogens with one attached hydrogen (secondary N) is 1. The molecule has 0 saturated carbocycles. The van der Waals surface area contributed by atoms with Gasteiger partial charge in [-0.2, -0.15) is 0 Å². The second-order valence-corrected chi connectivity index (χ2v) is 10.9. The van der Waals surface area contributed by atoms with E-state index in [1.165, 1.54) is 0 Å². The van der Waals surface area contributed by atoms with Crippen LogP contribution in [0.25, 0.3) is 11.1 Å². The first kappa shape index (κ1) is 25.7. The van der Waals surface area contributed by atoms with Crippen molar-refractivity contribution in [2.45, 2.75) is 19.2 Å². The fourth-order valence-corrected chi connectivity index (χ4v) is 5.40. The highest BCUT2D eigenvalue weighted by atomic mass is 35.5. The Bertz CT molecular complexity index is 1230. The lowest BCUT2D eigenvalue weighted by Gasteiger charge is -2.26. The maximum atomic E-state index is 12.5. The van der Waals surface area contributed by atoms with Crippen LogP contribution in [-0.4, -0.2) is 52.8 Å². The number of hydrogen-bond acceptors (Lipinski definition) is 5. The molecule has 186 valence electrons. The van der Waals surface area contributed by atoms with Gasteiger partial charge in [-0.15, -0.1) is 0 Å². The van der Waals surface area contributed by atoms with Gasteiger partial charge >= 0.3 is 0 Å². The maximum absolute atomic E-state index is 12.5. The number of ether oxygens (including phenoxy) is 2. The third kappa shape index (κ3) is 7.78. The predicted molar refractivity (Wildman–Crippen MR) is 140 cm³/mol. The molecular formula is C27H31ClN2O4S. The molecule has 0 atom stereocenters. The minimum Gasteiger partial charge on any atom is -0.492 e. The van der Waals surface area contributed by atoms with Crippen LogP contribution in [-0.2, 0) is 27.1 Å². The molecule has 0 radical (unpaired) electrons. The van der Waals surface area contributed by atoms with Gasteiger partial charge in [0.25, 0.3) is 0 Å². The van der Waals surface area contributed by atoms with Crippen molar-refractivity contribution in [2.75, 3.05) is 39.5 Å². The maximum Gasteiger partial charge on any atom is 0.216 e. The van der Waals surface area contributed by atoms with Crippen LogP contribution in [0.15, 0.2) is 66.7 Å². The third-order valence-electron chi connectivity index (χ3n) is 5.92. The molecule has 4 rings (SSSR count). The summed E-state index contributed by atoms with van der Waals surface area (Å²) in [4.78, 5) is 2.32. The highest BCUT2D eigenvalue weighted by Gasteiger charge is 2.13. The average molecular weight is 515 g/mol. The summed E-state index contributed by atoms with van der Waals surface area (Å²) in [5.41, 5.74) is 4.54. The largest absolute Gasteiger partial charge is 0.492 e. The molecule has 0 aliphatic carbocycles. The van der Waals surface area contributed by atoms with Crippen molar-refractivity contribution >= 4 is 21.6 Å². The van der Waals surface area contributed by atoms with E-state index in [9.17, 15) is 8.42 Å². The Morgan fingerprint density at radius 3 is 2.49 bits per heavy atom. The van der Waals surface area contributed by atoms with E-state index in [4.69, 9.17) is 21.1 Å². The molecule has 1 aliphatic heterocycles. The first-order chi connectivity index (χ1) is 16.9. The number of hydrogen-bond donors (Lipinski definition) is 1.